The van der Waals surface area contributed by atoms with Gasteiger partial charge in [-0.25, -0.2) is 4.79 Å². The highest BCUT2D eigenvalue weighted by Gasteiger charge is 2.30. The van der Waals surface area contributed by atoms with Crippen LogP contribution in [0, 0.1) is 5.92 Å². The molecule has 0 aromatic heterocycles. The van der Waals surface area contributed by atoms with Crippen LogP contribution in [-0.4, -0.2) is 27.2 Å². The molecule has 0 radical (unpaired) electrons. The van der Waals surface area contributed by atoms with Gasteiger partial charge < -0.3 is 20.6 Å². The second-order valence-electron chi connectivity index (χ2n) is 9.81. The molecular weight excluding hydrogens is 490 g/mol. The number of nitrogens with one attached hydrogen (secondary N) is 1. The lowest BCUT2D eigenvalue weighted by molar-refractivity contribution is 0.0693. The minimum atomic E-state index is -1.27. The van der Waals surface area contributed by atoms with E-state index in [1.807, 2.05) is 36.4 Å². The summed E-state index contributed by atoms with van der Waals surface area (Å²) in [4.78, 5) is 23.6. The first-order valence-corrected chi connectivity index (χ1v) is 12.9. The molecule has 0 fully saturated rings. The van der Waals surface area contributed by atoms with Crippen LogP contribution in [0.15, 0.2) is 97.1 Å². The fraction of sp³-hybridized carbons (Fsp3) is 0.152. The normalized spacial score (nSPS) is 16.5. The van der Waals surface area contributed by atoms with Gasteiger partial charge in [0.15, 0.2) is 0 Å². The molecule has 6 heteroatoms. The van der Waals surface area contributed by atoms with Gasteiger partial charge in [-0.05, 0) is 83.3 Å². The van der Waals surface area contributed by atoms with Gasteiger partial charge in [0, 0.05) is 11.3 Å². The van der Waals surface area contributed by atoms with Crippen LogP contribution in [0.4, 0.5) is 5.69 Å². The first kappa shape index (κ1) is 25.9. The number of carbonyl (C=O) groups is 2. The number of aromatic hydroxyl groups is 1. The predicted octanol–water partition coefficient (Wildman–Crippen LogP) is 6.05. The summed E-state index contributed by atoms with van der Waals surface area (Å²) >= 11 is 0. The van der Waals surface area contributed by atoms with Crippen LogP contribution in [0.5, 0.6) is 5.75 Å². The molecule has 6 rings (SSSR count). The summed E-state index contributed by atoms with van der Waals surface area (Å²) in [5, 5.41) is 31.8. The van der Waals surface area contributed by atoms with Crippen LogP contribution in [0.1, 0.15) is 54.6 Å². The number of fused-ring (bicyclic) bond motifs is 2. The zero-order valence-corrected chi connectivity index (χ0v) is 21.2. The van der Waals surface area contributed by atoms with E-state index >= 15 is 0 Å². The molecule has 2 atom stereocenters. The molecule has 0 saturated heterocycles. The second-order valence-corrected chi connectivity index (χ2v) is 9.81. The molecule has 6 nitrogen and oxygen atoms in total. The van der Waals surface area contributed by atoms with Crippen molar-refractivity contribution in [2.75, 3.05) is 5.32 Å². The number of hydrogen-bond donors (Lipinski definition) is 4. The van der Waals surface area contributed by atoms with Crippen molar-refractivity contribution in [1.82, 2.24) is 0 Å². The number of carbonyl (C=O) groups excluding carboxylic acids is 1. The average molecular weight is 520 g/mol. The lowest BCUT2D eigenvalue weighted by atomic mass is 9.94. The zero-order chi connectivity index (χ0) is 27.4. The Labute approximate surface area is 226 Å². The maximum Gasteiger partial charge on any atom is 0.339 e. The quantitative estimate of drug-likeness (QED) is 0.240. The Hall–Kier alpha value is -4.68. The number of anilines is 1. The van der Waals surface area contributed by atoms with Gasteiger partial charge in [0.05, 0.1) is 6.10 Å². The van der Waals surface area contributed by atoms with Gasteiger partial charge in [-0.1, -0.05) is 72.8 Å². The van der Waals surface area contributed by atoms with E-state index in [9.17, 15) is 19.8 Å². The van der Waals surface area contributed by atoms with Crippen LogP contribution in [0.25, 0.3) is 6.08 Å². The molecule has 0 spiro atoms. The van der Waals surface area contributed by atoms with E-state index in [4.69, 9.17) is 5.11 Å². The maximum absolute atomic E-state index is 12.5. The second kappa shape index (κ2) is 11.4. The van der Waals surface area contributed by atoms with Crippen LogP contribution < -0.4 is 5.32 Å². The molecule has 0 aliphatic heterocycles. The summed E-state index contributed by atoms with van der Waals surface area (Å²) in [6.07, 6.45) is 6.54. The fourth-order valence-electron chi connectivity index (χ4n) is 5.12. The molecule has 2 unspecified atom stereocenters. The number of phenols is 1. The first-order valence-electron chi connectivity index (χ1n) is 12.9. The lowest BCUT2D eigenvalue weighted by Gasteiger charge is -2.15. The van der Waals surface area contributed by atoms with Crippen molar-refractivity contribution in [3.05, 3.63) is 136 Å². The summed E-state index contributed by atoms with van der Waals surface area (Å²) in [5.74, 6) is -1.91. The van der Waals surface area contributed by atoms with E-state index in [0.29, 0.717) is 12.0 Å². The predicted molar refractivity (Wildman–Crippen MR) is 151 cm³/mol. The van der Waals surface area contributed by atoms with E-state index in [0.717, 1.165) is 24.0 Å². The molecule has 1 amide bonds. The molecule has 0 heterocycles. The highest BCUT2D eigenvalue weighted by atomic mass is 16.4. The van der Waals surface area contributed by atoms with Crippen LogP contribution in [0.2, 0.25) is 0 Å². The molecule has 0 saturated carbocycles. The van der Waals surface area contributed by atoms with E-state index in [1.165, 1.54) is 34.9 Å². The number of aliphatic hydroxyl groups excluding tert-OH is 1. The van der Waals surface area contributed by atoms with Crippen molar-refractivity contribution < 1.29 is 24.9 Å². The van der Waals surface area contributed by atoms with E-state index in [2.05, 4.69) is 41.7 Å². The molecule has 4 aromatic rings. The number of benzene rings is 4. The Kier molecular flexibility index (Phi) is 7.57. The molecular formula is C33H29NO5. The van der Waals surface area contributed by atoms with Crippen molar-refractivity contribution in [2.24, 2.45) is 5.92 Å². The Morgan fingerprint density at radius 1 is 0.872 bits per heavy atom. The fourth-order valence-corrected chi connectivity index (χ4v) is 5.12. The minimum Gasteiger partial charge on any atom is -0.507 e. The van der Waals surface area contributed by atoms with E-state index in [1.54, 1.807) is 12.1 Å². The van der Waals surface area contributed by atoms with Crippen LogP contribution >= 0.6 is 0 Å². The largest absolute Gasteiger partial charge is 0.507 e. The molecule has 2 aliphatic rings. The number of carboxylic acids is 1. The Balaban J connectivity index is 0.000000287. The highest BCUT2D eigenvalue weighted by molar-refractivity contribution is 6.05. The lowest BCUT2D eigenvalue weighted by Crippen LogP contribution is -2.13. The van der Waals surface area contributed by atoms with Crippen LogP contribution in [0.3, 0.4) is 0 Å². The molecule has 2 aliphatic carbocycles. The maximum atomic E-state index is 12.5. The van der Waals surface area contributed by atoms with Gasteiger partial charge in [-0.3, -0.25) is 4.79 Å². The van der Waals surface area contributed by atoms with Gasteiger partial charge in [0.25, 0.3) is 5.91 Å². The number of carboxylic acid groups (broad SMARTS) is 1. The topological polar surface area (TPSA) is 107 Å². The van der Waals surface area contributed by atoms with Gasteiger partial charge >= 0.3 is 5.97 Å². The first-order chi connectivity index (χ1) is 18.9. The van der Waals surface area contributed by atoms with Gasteiger partial charge in [-0.15, -0.1) is 0 Å². The third kappa shape index (κ3) is 5.92. The molecule has 4 aromatic carbocycles. The molecule has 39 heavy (non-hydrogen) atoms. The number of aliphatic hydroxyl groups is 1. The zero-order valence-electron chi connectivity index (χ0n) is 21.2. The summed E-state index contributed by atoms with van der Waals surface area (Å²) in [6.45, 7) is 0. The number of aromatic carboxylic acids is 1. The average Bonchev–Trinajstić information content (AvgIpc) is 3.55. The summed E-state index contributed by atoms with van der Waals surface area (Å²) < 4.78 is 0. The smallest absolute Gasteiger partial charge is 0.339 e. The highest BCUT2D eigenvalue weighted by Crippen LogP contribution is 2.37. The minimum absolute atomic E-state index is 0.105. The Morgan fingerprint density at radius 3 is 2.31 bits per heavy atom. The van der Waals surface area contributed by atoms with Crippen molar-refractivity contribution in [3.8, 4) is 5.75 Å². The van der Waals surface area contributed by atoms with Crippen molar-refractivity contribution in [2.45, 2.75) is 25.4 Å². The van der Waals surface area contributed by atoms with Crippen molar-refractivity contribution in [1.29, 1.82) is 0 Å². The number of hydrogen-bond acceptors (Lipinski definition) is 4. The van der Waals surface area contributed by atoms with Gasteiger partial charge in [-0.2, -0.15) is 0 Å². The third-order valence-corrected chi connectivity index (χ3v) is 7.19. The monoisotopic (exact) mass is 519 g/mol. The molecule has 0 bridgehead atoms. The van der Waals surface area contributed by atoms with Crippen LogP contribution in [-0.2, 0) is 19.3 Å². The van der Waals surface area contributed by atoms with Gasteiger partial charge in [0.1, 0.15) is 11.3 Å². The van der Waals surface area contributed by atoms with E-state index in [-0.39, 0.29) is 28.8 Å². The van der Waals surface area contributed by atoms with Gasteiger partial charge in [0.2, 0.25) is 0 Å². The Morgan fingerprint density at radius 2 is 1.59 bits per heavy atom. The number of amides is 1. The third-order valence-electron chi connectivity index (χ3n) is 7.19. The summed E-state index contributed by atoms with van der Waals surface area (Å²) in [6, 6.07) is 27.4. The van der Waals surface area contributed by atoms with Crippen molar-refractivity contribution in [3.63, 3.8) is 0 Å². The Bertz CT molecular complexity index is 1540. The summed E-state index contributed by atoms with van der Waals surface area (Å²) in [7, 11) is 0. The van der Waals surface area contributed by atoms with Crippen molar-refractivity contribution >= 4 is 23.6 Å². The SMILES string of the molecule is C1=Cc2ccccc2C1.O=C(Nc1ccc(O)c(C(=O)O)c1)c1ccc(CC2Cc3ccccc3C2O)cc1. The number of allylic oxidation sites excluding steroid dienone is 1. The molecule has 196 valence electrons. The summed E-state index contributed by atoms with van der Waals surface area (Å²) in [5.41, 5.74) is 6.48. The number of rotatable bonds is 5. The molecule has 4 N–H and O–H groups in total. The standard InChI is InChI=1S/C24H21NO5.C9H8/c26-21-10-9-18(13-20(21)24(29)30)25-23(28)15-7-5-14(6-8-15)11-17-12-16-3-1-2-4-19(16)22(17)27;1-2-5-9-7-3-6-8(9)4-1/h1-10,13,17,22,26-27H,11-12H2,(H,25,28)(H,29,30);1-6H,7H2. The van der Waals surface area contributed by atoms with E-state index < -0.39 is 12.1 Å².